The molecule has 1 aliphatic heterocycles. The van der Waals surface area contributed by atoms with E-state index in [4.69, 9.17) is 4.84 Å². The van der Waals surface area contributed by atoms with Gasteiger partial charge >= 0.3 is 0 Å². The Morgan fingerprint density at radius 3 is 2.20 bits per heavy atom. The van der Waals surface area contributed by atoms with Crippen LogP contribution in [0.25, 0.3) is 0 Å². The number of carbonyl (C=O) groups excluding carboxylic acids is 1. The lowest BCUT2D eigenvalue weighted by molar-refractivity contribution is -0.178. The van der Waals surface area contributed by atoms with Gasteiger partial charge in [0.05, 0.1) is 0 Å². The van der Waals surface area contributed by atoms with E-state index < -0.39 is 5.60 Å². The Kier molecular flexibility index (Phi) is 1.33. The maximum absolute atomic E-state index is 11.0. The van der Waals surface area contributed by atoms with Crippen molar-refractivity contribution in [1.82, 2.24) is 5.06 Å². The highest BCUT2D eigenvalue weighted by Crippen LogP contribution is 2.28. The van der Waals surface area contributed by atoms with Gasteiger partial charge < -0.3 is 0 Å². The zero-order valence-corrected chi connectivity index (χ0v) is 6.47. The maximum Gasteiger partial charge on any atom is 0.275 e. The second kappa shape index (κ2) is 1.83. The number of hydroxylamine groups is 2. The molecule has 56 valence electrons. The fourth-order valence-electron chi connectivity index (χ4n) is 0.886. The van der Waals surface area contributed by atoms with Crippen LogP contribution < -0.4 is 0 Å². The number of nitrogens with zero attached hydrogens (tertiary/aromatic N) is 1. The fourth-order valence-corrected chi connectivity index (χ4v) is 0.886. The van der Waals surface area contributed by atoms with Crippen LogP contribution in [0.1, 0.15) is 13.8 Å². The lowest BCUT2D eigenvalue weighted by Crippen LogP contribution is -2.22. The molecule has 0 radical (unpaired) electrons. The zero-order chi connectivity index (χ0) is 7.94. The molecular weight excluding hydrogens is 130 g/mol. The van der Waals surface area contributed by atoms with E-state index in [2.05, 4.69) is 6.58 Å². The van der Waals surface area contributed by atoms with Crippen LogP contribution in [-0.2, 0) is 9.63 Å². The summed E-state index contributed by atoms with van der Waals surface area (Å²) < 4.78 is 0. The minimum Gasteiger partial charge on any atom is -0.267 e. The molecule has 1 aliphatic rings. The van der Waals surface area contributed by atoms with Crippen molar-refractivity contribution < 1.29 is 9.63 Å². The Morgan fingerprint density at radius 2 is 2.10 bits per heavy atom. The van der Waals surface area contributed by atoms with Gasteiger partial charge in [-0.15, -0.1) is 0 Å². The van der Waals surface area contributed by atoms with Crippen LogP contribution in [0, 0.1) is 0 Å². The van der Waals surface area contributed by atoms with Gasteiger partial charge in [-0.2, -0.15) is 0 Å². The lowest BCUT2D eigenvalue weighted by atomic mass is 10.0. The Bertz CT molecular complexity index is 196. The van der Waals surface area contributed by atoms with Crippen LogP contribution in [0.15, 0.2) is 12.2 Å². The number of likely N-dealkylation sites (N-methyl/N-ethyl adjacent to an activating group) is 1. The van der Waals surface area contributed by atoms with E-state index >= 15 is 0 Å². The summed E-state index contributed by atoms with van der Waals surface area (Å²) in [5.74, 6) is -0.134. The van der Waals surface area contributed by atoms with Gasteiger partial charge in [0.2, 0.25) is 0 Å². The van der Waals surface area contributed by atoms with Crippen LogP contribution >= 0.6 is 0 Å². The number of hydrogen-bond acceptors (Lipinski definition) is 2. The standard InChI is InChI=1S/C7H11NO2/c1-5-6(9)8(4)10-7(5,2)3/h1H2,2-4H3. The number of rotatable bonds is 0. The van der Waals surface area contributed by atoms with Gasteiger partial charge in [0.15, 0.2) is 0 Å². The summed E-state index contributed by atoms with van der Waals surface area (Å²) in [6.07, 6.45) is 0. The normalized spacial score (nSPS) is 24.1. The van der Waals surface area contributed by atoms with Crippen molar-refractivity contribution in [3.05, 3.63) is 12.2 Å². The minimum atomic E-state index is -0.522. The van der Waals surface area contributed by atoms with Crippen molar-refractivity contribution in [3.8, 4) is 0 Å². The summed E-state index contributed by atoms with van der Waals surface area (Å²) in [5, 5.41) is 1.21. The molecule has 1 amide bonds. The first-order valence-corrected chi connectivity index (χ1v) is 3.12. The summed E-state index contributed by atoms with van der Waals surface area (Å²) >= 11 is 0. The summed E-state index contributed by atoms with van der Waals surface area (Å²) in [6, 6.07) is 0. The zero-order valence-electron chi connectivity index (χ0n) is 6.47. The fraction of sp³-hybridized carbons (Fsp3) is 0.571. The number of amides is 1. The SMILES string of the molecule is C=C1C(=O)N(C)OC1(C)C. The minimum absolute atomic E-state index is 0.134. The van der Waals surface area contributed by atoms with E-state index in [-0.39, 0.29) is 5.91 Å². The first kappa shape index (κ1) is 7.28. The molecule has 0 spiro atoms. The second-order valence-corrected chi connectivity index (χ2v) is 2.88. The first-order valence-electron chi connectivity index (χ1n) is 3.12. The molecule has 0 aliphatic carbocycles. The third-order valence-corrected chi connectivity index (χ3v) is 1.64. The highest BCUT2D eigenvalue weighted by molar-refractivity contribution is 5.95. The average molecular weight is 141 g/mol. The van der Waals surface area contributed by atoms with Crippen LogP contribution in [-0.4, -0.2) is 23.6 Å². The monoisotopic (exact) mass is 141 g/mol. The van der Waals surface area contributed by atoms with Gasteiger partial charge in [0, 0.05) is 12.6 Å². The highest BCUT2D eigenvalue weighted by Gasteiger charge is 2.39. The third-order valence-electron chi connectivity index (χ3n) is 1.64. The Balaban J connectivity index is 2.92. The summed E-state index contributed by atoms with van der Waals surface area (Å²) in [4.78, 5) is 16.2. The number of hydrogen-bond donors (Lipinski definition) is 0. The van der Waals surface area contributed by atoms with Gasteiger partial charge in [-0.1, -0.05) is 6.58 Å². The highest BCUT2D eigenvalue weighted by atomic mass is 16.7. The molecule has 0 atom stereocenters. The first-order chi connectivity index (χ1) is 4.45. The quantitative estimate of drug-likeness (QED) is 0.465. The van der Waals surface area contributed by atoms with E-state index in [0.717, 1.165) is 0 Å². The molecular formula is C7H11NO2. The molecule has 1 rings (SSSR count). The van der Waals surface area contributed by atoms with Crippen LogP contribution in [0.2, 0.25) is 0 Å². The van der Waals surface area contributed by atoms with Crippen molar-refractivity contribution in [2.75, 3.05) is 7.05 Å². The average Bonchev–Trinajstić information content (AvgIpc) is 1.95. The molecule has 0 aromatic heterocycles. The molecule has 10 heavy (non-hydrogen) atoms. The van der Waals surface area contributed by atoms with Crippen LogP contribution in [0.3, 0.4) is 0 Å². The molecule has 0 unspecified atom stereocenters. The topological polar surface area (TPSA) is 29.5 Å². The third kappa shape index (κ3) is 0.827. The second-order valence-electron chi connectivity index (χ2n) is 2.88. The van der Waals surface area contributed by atoms with Crippen molar-refractivity contribution >= 4 is 5.91 Å². The van der Waals surface area contributed by atoms with E-state index in [1.54, 1.807) is 7.05 Å². The Hall–Kier alpha value is -0.830. The largest absolute Gasteiger partial charge is 0.275 e. The van der Waals surface area contributed by atoms with E-state index in [1.807, 2.05) is 13.8 Å². The maximum atomic E-state index is 11.0. The summed E-state index contributed by atoms with van der Waals surface area (Å²) in [5.41, 5.74) is -0.0127. The van der Waals surface area contributed by atoms with Gasteiger partial charge in [-0.3, -0.25) is 9.63 Å². The molecule has 1 heterocycles. The molecule has 0 saturated carbocycles. The van der Waals surface area contributed by atoms with E-state index in [9.17, 15) is 4.79 Å². The molecule has 3 nitrogen and oxygen atoms in total. The van der Waals surface area contributed by atoms with Crippen molar-refractivity contribution in [2.45, 2.75) is 19.4 Å². The predicted molar refractivity (Wildman–Crippen MR) is 37.1 cm³/mol. The predicted octanol–water partition coefficient (Wildman–Crippen LogP) is 0.725. The van der Waals surface area contributed by atoms with Crippen LogP contribution in [0.5, 0.6) is 0 Å². The van der Waals surface area contributed by atoms with Gasteiger partial charge in [-0.05, 0) is 13.8 Å². The molecule has 3 heteroatoms. The van der Waals surface area contributed by atoms with Gasteiger partial charge in [0.25, 0.3) is 5.91 Å². The molecule has 0 N–H and O–H groups in total. The Labute approximate surface area is 60.2 Å². The molecule has 0 bridgehead atoms. The smallest absolute Gasteiger partial charge is 0.267 e. The van der Waals surface area contributed by atoms with E-state index in [0.29, 0.717) is 5.57 Å². The van der Waals surface area contributed by atoms with Crippen molar-refractivity contribution in [3.63, 3.8) is 0 Å². The van der Waals surface area contributed by atoms with Crippen LogP contribution in [0.4, 0.5) is 0 Å². The van der Waals surface area contributed by atoms with Crippen molar-refractivity contribution in [1.29, 1.82) is 0 Å². The molecule has 1 fully saturated rings. The van der Waals surface area contributed by atoms with Gasteiger partial charge in [0.1, 0.15) is 5.60 Å². The summed E-state index contributed by atoms with van der Waals surface area (Å²) in [7, 11) is 1.59. The molecule has 0 aromatic carbocycles. The van der Waals surface area contributed by atoms with Gasteiger partial charge in [-0.25, -0.2) is 5.06 Å². The van der Waals surface area contributed by atoms with E-state index in [1.165, 1.54) is 5.06 Å². The molecule has 0 aromatic rings. The summed E-state index contributed by atoms with van der Waals surface area (Å²) in [6.45, 7) is 7.25. The lowest BCUT2D eigenvalue weighted by Gasteiger charge is -2.15. The Morgan fingerprint density at radius 1 is 1.60 bits per heavy atom. The number of carbonyl (C=O) groups is 1. The molecule has 1 saturated heterocycles. The van der Waals surface area contributed by atoms with Crippen molar-refractivity contribution in [2.24, 2.45) is 0 Å².